The number of nitrogens with two attached hydrogens (primary N) is 1. The highest BCUT2D eigenvalue weighted by molar-refractivity contribution is 7.89. The van der Waals surface area contributed by atoms with Gasteiger partial charge in [0, 0.05) is 6.04 Å². The summed E-state index contributed by atoms with van der Waals surface area (Å²) in [5.41, 5.74) is 0.985. The second kappa shape index (κ2) is 6.11. The van der Waals surface area contributed by atoms with Gasteiger partial charge in [0.05, 0.1) is 11.5 Å². The molecule has 5 nitrogen and oxygen atoms in total. The van der Waals surface area contributed by atoms with Crippen molar-refractivity contribution in [2.75, 3.05) is 6.61 Å². The SMILES string of the molecule is CC(C)NS(=O)(=O)c1ccc(CCON)cc1. The minimum atomic E-state index is -3.40. The summed E-state index contributed by atoms with van der Waals surface area (Å²) in [6, 6.07) is 6.56. The van der Waals surface area contributed by atoms with Gasteiger partial charge in [-0.15, -0.1) is 0 Å². The normalized spacial score (nSPS) is 12.0. The first-order chi connectivity index (χ1) is 7.95. The van der Waals surface area contributed by atoms with Gasteiger partial charge in [0.1, 0.15) is 0 Å². The number of sulfonamides is 1. The van der Waals surface area contributed by atoms with Crippen molar-refractivity contribution < 1.29 is 13.3 Å². The molecule has 0 aliphatic heterocycles. The Morgan fingerprint density at radius 1 is 1.29 bits per heavy atom. The second-order valence-electron chi connectivity index (χ2n) is 4.04. The number of hydrogen-bond acceptors (Lipinski definition) is 4. The average Bonchev–Trinajstić information content (AvgIpc) is 2.25. The molecule has 0 atom stereocenters. The Kier molecular flexibility index (Phi) is 5.07. The van der Waals surface area contributed by atoms with Crippen LogP contribution in [0.25, 0.3) is 0 Å². The quantitative estimate of drug-likeness (QED) is 0.740. The molecule has 0 bridgehead atoms. The molecule has 0 fully saturated rings. The van der Waals surface area contributed by atoms with E-state index in [4.69, 9.17) is 5.90 Å². The van der Waals surface area contributed by atoms with Crippen molar-refractivity contribution in [3.8, 4) is 0 Å². The fourth-order valence-electron chi connectivity index (χ4n) is 1.39. The molecule has 17 heavy (non-hydrogen) atoms. The monoisotopic (exact) mass is 258 g/mol. The van der Waals surface area contributed by atoms with E-state index in [9.17, 15) is 8.42 Å². The zero-order valence-corrected chi connectivity index (χ0v) is 10.8. The van der Waals surface area contributed by atoms with E-state index in [2.05, 4.69) is 9.56 Å². The molecule has 1 aromatic carbocycles. The Bertz CT molecular complexity index is 440. The minimum Gasteiger partial charge on any atom is -0.304 e. The Morgan fingerprint density at radius 2 is 1.88 bits per heavy atom. The first-order valence-electron chi connectivity index (χ1n) is 5.38. The van der Waals surface area contributed by atoms with E-state index >= 15 is 0 Å². The molecule has 3 N–H and O–H groups in total. The number of hydrogen-bond donors (Lipinski definition) is 2. The third-order valence-corrected chi connectivity index (χ3v) is 3.81. The Labute approximate surface area is 102 Å². The van der Waals surface area contributed by atoms with Gasteiger partial charge in [0.25, 0.3) is 0 Å². The van der Waals surface area contributed by atoms with Crippen molar-refractivity contribution in [2.24, 2.45) is 5.90 Å². The first-order valence-corrected chi connectivity index (χ1v) is 6.87. The van der Waals surface area contributed by atoms with Gasteiger partial charge in [0.15, 0.2) is 0 Å². The van der Waals surface area contributed by atoms with Crippen LogP contribution >= 0.6 is 0 Å². The van der Waals surface area contributed by atoms with Crippen LogP contribution in [0.15, 0.2) is 29.2 Å². The van der Waals surface area contributed by atoms with Gasteiger partial charge in [-0.2, -0.15) is 0 Å². The minimum absolute atomic E-state index is 0.120. The van der Waals surface area contributed by atoms with Crippen LogP contribution < -0.4 is 10.6 Å². The van der Waals surface area contributed by atoms with Crippen LogP contribution in [0.5, 0.6) is 0 Å². The van der Waals surface area contributed by atoms with E-state index in [0.29, 0.717) is 13.0 Å². The Hall–Kier alpha value is -0.950. The predicted molar refractivity (Wildman–Crippen MR) is 65.7 cm³/mol. The fourth-order valence-corrected chi connectivity index (χ4v) is 2.64. The Morgan fingerprint density at radius 3 is 2.35 bits per heavy atom. The van der Waals surface area contributed by atoms with Crippen molar-refractivity contribution in [3.63, 3.8) is 0 Å². The van der Waals surface area contributed by atoms with Crippen molar-refractivity contribution >= 4 is 10.0 Å². The highest BCUT2D eigenvalue weighted by Crippen LogP contribution is 2.11. The van der Waals surface area contributed by atoms with Crippen molar-refractivity contribution in [1.82, 2.24) is 4.72 Å². The molecule has 0 aromatic heterocycles. The van der Waals surface area contributed by atoms with Crippen molar-refractivity contribution in [3.05, 3.63) is 29.8 Å². The smallest absolute Gasteiger partial charge is 0.240 e. The summed E-state index contributed by atoms with van der Waals surface area (Å²) in [4.78, 5) is 4.73. The number of nitrogens with one attached hydrogen (secondary N) is 1. The average molecular weight is 258 g/mol. The third kappa shape index (κ3) is 4.43. The molecule has 0 heterocycles. The van der Waals surface area contributed by atoms with Gasteiger partial charge < -0.3 is 4.84 Å². The standard InChI is InChI=1S/C11H18N2O3S/c1-9(2)13-17(14,15)11-5-3-10(4-6-11)7-8-16-12/h3-6,9,13H,7-8,12H2,1-2H3. The van der Waals surface area contributed by atoms with E-state index < -0.39 is 10.0 Å². The Balaban J connectivity index is 2.80. The lowest BCUT2D eigenvalue weighted by molar-refractivity contribution is 0.141. The summed E-state index contributed by atoms with van der Waals surface area (Å²) >= 11 is 0. The lowest BCUT2D eigenvalue weighted by Gasteiger charge is -2.09. The van der Waals surface area contributed by atoms with Crippen molar-refractivity contribution in [1.29, 1.82) is 0 Å². The van der Waals surface area contributed by atoms with Crippen LogP contribution in [0.4, 0.5) is 0 Å². The number of benzene rings is 1. The molecular weight excluding hydrogens is 240 g/mol. The summed E-state index contributed by atoms with van der Waals surface area (Å²) in [6.45, 7) is 3.98. The van der Waals surface area contributed by atoms with E-state index in [1.807, 2.05) is 0 Å². The largest absolute Gasteiger partial charge is 0.304 e. The molecule has 0 radical (unpaired) electrons. The van der Waals surface area contributed by atoms with Crippen molar-refractivity contribution in [2.45, 2.75) is 31.2 Å². The topological polar surface area (TPSA) is 81.4 Å². The molecule has 96 valence electrons. The third-order valence-electron chi connectivity index (χ3n) is 2.13. The molecule has 0 unspecified atom stereocenters. The van der Waals surface area contributed by atoms with E-state index in [1.165, 1.54) is 0 Å². The maximum atomic E-state index is 11.8. The zero-order valence-electron chi connectivity index (χ0n) is 10.0. The molecule has 1 aromatic rings. The lowest BCUT2D eigenvalue weighted by Crippen LogP contribution is -2.30. The van der Waals surface area contributed by atoms with Crippen LogP contribution in [0.2, 0.25) is 0 Å². The summed E-state index contributed by atoms with van der Waals surface area (Å²) < 4.78 is 26.1. The molecular formula is C11H18N2O3S. The van der Waals surface area contributed by atoms with E-state index in [-0.39, 0.29) is 10.9 Å². The molecule has 0 saturated carbocycles. The van der Waals surface area contributed by atoms with Gasteiger partial charge in [0.2, 0.25) is 10.0 Å². The molecule has 0 aliphatic carbocycles. The predicted octanol–water partition coefficient (Wildman–Crippen LogP) is 0.806. The van der Waals surface area contributed by atoms with Gasteiger partial charge >= 0.3 is 0 Å². The maximum absolute atomic E-state index is 11.8. The summed E-state index contributed by atoms with van der Waals surface area (Å²) in [6.07, 6.45) is 0.661. The fraction of sp³-hybridized carbons (Fsp3) is 0.455. The summed E-state index contributed by atoms with van der Waals surface area (Å²) in [5.74, 6) is 4.92. The highest BCUT2D eigenvalue weighted by atomic mass is 32.2. The lowest BCUT2D eigenvalue weighted by atomic mass is 10.2. The van der Waals surface area contributed by atoms with Gasteiger partial charge in [-0.25, -0.2) is 19.0 Å². The second-order valence-corrected chi connectivity index (χ2v) is 5.75. The number of rotatable bonds is 6. The summed E-state index contributed by atoms with van der Waals surface area (Å²) in [5, 5.41) is 0. The molecule has 0 spiro atoms. The molecule has 0 aliphatic rings. The molecule has 6 heteroatoms. The van der Waals surface area contributed by atoms with Gasteiger partial charge in [-0.1, -0.05) is 12.1 Å². The van der Waals surface area contributed by atoms with Crippen LogP contribution in [0, 0.1) is 0 Å². The zero-order chi connectivity index (χ0) is 12.9. The van der Waals surface area contributed by atoms with Crippen LogP contribution in [0.1, 0.15) is 19.4 Å². The maximum Gasteiger partial charge on any atom is 0.240 e. The molecule has 1 rings (SSSR count). The van der Waals surface area contributed by atoms with Gasteiger partial charge in [-0.05, 0) is 38.0 Å². The van der Waals surface area contributed by atoms with E-state index in [1.54, 1.807) is 38.1 Å². The highest BCUT2D eigenvalue weighted by Gasteiger charge is 2.14. The molecule has 0 amide bonds. The summed E-state index contributed by atoms with van der Waals surface area (Å²) in [7, 11) is -3.40. The van der Waals surface area contributed by atoms with E-state index in [0.717, 1.165) is 5.56 Å². The van der Waals surface area contributed by atoms with Crippen LogP contribution in [-0.4, -0.2) is 21.1 Å². The van der Waals surface area contributed by atoms with Gasteiger partial charge in [-0.3, -0.25) is 0 Å². The first kappa shape index (κ1) is 14.1. The molecule has 0 saturated heterocycles. The van der Waals surface area contributed by atoms with Crippen LogP contribution in [0.3, 0.4) is 0 Å². The van der Waals surface area contributed by atoms with Crippen LogP contribution in [-0.2, 0) is 21.3 Å².